The standard InChI is InChI=1S/C10H12N2O/c1-3-12-6-8-5-4-7(2)11-9(8)10(12)13/h4-5H,3,6H2,1-2H3. The van der Waals surface area contributed by atoms with Crippen LogP contribution in [0.2, 0.25) is 0 Å². The second-order valence-corrected chi connectivity index (χ2v) is 3.28. The predicted molar refractivity (Wildman–Crippen MR) is 49.4 cm³/mol. The summed E-state index contributed by atoms with van der Waals surface area (Å²) in [4.78, 5) is 17.7. The summed E-state index contributed by atoms with van der Waals surface area (Å²) in [5, 5.41) is 0. The molecule has 0 spiro atoms. The first kappa shape index (κ1) is 8.23. The third kappa shape index (κ3) is 1.20. The number of fused-ring (bicyclic) bond motifs is 1. The van der Waals surface area contributed by atoms with Gasteiger partial charge in [-0.3, -0.25) is 4.79 Å². The molecule has 0 unspecified atom stereocenters. The summed E-state index contributed by atoms with van der Waals surface area (Å²) in [6.45, 7) is 5.37. The van der Waals surface area contributed by atoms with Gasteiger partial charge in [-0.15, -0.1) is 0 Å². The van der Waals surface area contributed by atoms with Gasteiger partial charge in [0.2, 0.25) is 0 Å². The van der Waals surface area contributed by atoms with Gasteiger partial charge in [-0.05, 0) is 19.9 Å². The lowest BCUT2D eigenvalue weighted by atomic mass is 10.2. The fraction of sp³-hybridized carbons (Fsp3) is 0.400. The van der Waals surface area contributed by atoms with Crippen molar-refractivity contribution in [2.75, 3.05) is 6.54 Å². The molecule has 0 fully saturated rings. The minimum Gasteiger partial charge on any atom is -0.333 e. The molecule has 1 aliphatic rings. The van der Waals surface area contributed by atoms with Crippen LogP contribution in [0.1, 0.15) is 28.7 Å². The second-order valence-electron chi connectivity index (χ2n) is 3.28. The molecule has 3 heteroatoms. The highest BCUT2D eigenvalue weighted by atomic mass is 16.2. The van der Waals surface area contributed by atoms with Crippen molar-refractivity contribution in [1.82, 2.24) is 9.88 Å². The Kier molecular flexibility index (Phi) is 1.79. The molecule has 1 aromatic heterocycles. The molecule has 0 atom stereocenters. The summed E-state index contributed by atoms with van der Waals surface area (Å²) < 4.78 is 0. The number of hydrogen-bond acceptors (Lipinski definition) is 2. The second kappa shape index (κ2) is 2.83. The van der Waals surface area contributed by atoms with E-state index in [1.54, 1.807) is 4.90 Å². The SMILES string of the molecule is CCN1Cc2ccc(C)nc2C1=O. The summed E-state index contributed by atoms with van der Waals surface area (Å²) in [7, 11) is 0. The van der Waals surface area contributed by atoms with Gasteiger partial charge in [-0.2, -0.15) is 0 Å². The third-order valence-electron chi connectivity index (χ3n) is 2.35. The van der Waals surface area contributed by atoms with Gasteiger partial charge in [0.1, 0.15) is 5.69 Å². The van der Waals surface area contributed by atoms with Crippen LogP contribution in [-0.2, 0) is 6.54 Å². The van der Waals surface area contributed by atoms with E-state index in [1.165, 1.54) is 0 Å². The summed E-state index contributed by atoms with van der Waals surface area (Å²) in [5.74, 6) is 0.0706. The summed E-state index contributed by atoms with van der Waals surface area (Å²) in [6, 6.07) is 3.94. The zero-order valence-corrected chi connectivity index (χ0v) is 7.87. The molecular weight excluding hydrogens is 164 g/mol. The van der Waals surface area contributed by atoms with Crippen molar-refractivity contribution in [3.63, 3.8) is 0 Å². The number of amides is 1. The van der Waals surface area contributed by atoms with Crippen LogP contribution in [0.15, 0.2) is 12.1 Å². The maximum absolute atomic E-state index is 11.6. The number of rotatable bonds is 1. The van der Waals surface area contributed by atoms with Crippen LogP contribution in [0, 0.1) is 6.92 Å². The van der Waals surface area contributed by atoms with Gasteiger partial charge in [0.15, 0.2) is 0 Å². The molecule has 1 aromatic rings. The fourth-order valence-electron chi connectivity index (χ4n) is 1.58. The Morgan fingerprint density at radius 1 is 1.54 bits per heavy atom. The van der Waals surface area contributed by atoms with E-state index in [0.717, 1.165) is 24.3 Å². The van der Waals surface area contributed by atoms with Crippen molar-refractivity contribution < 1.29 is 4.79 Å². The lowest BCUT2D eigenvalue weighted by Gasteiger charge is -2.10. The summed E-state index contributed by atoms with van der Waals surface area (Å²) in [6.07, 6.45) is 0. The first-order valence-electron chi connectivity index (χ1n) is 4.48. The predicted octanol–water partition coefficient (Wildman–Crippen LogP) is 1.37. The number of hydrogen-bond donors (Lipinski definition) is 0. The molecule has 0 saturated carbocycles. The minimum atomic E-state index is 0.0706. The van der Waals surface area contributed by atoms with Crippen molar-refractivity contribution in [3.05, 3.63) is 29.1 Å². The normalized spacial score (nSPS) is 14.9. The molecule has 0 N–H and O–H groups in total. The van der Waals surface area contributed by atoms with E-state index in [-0.39, 0.29) is 5.91 Å². The van der Waals surface area contributed by atoms with Crippen LogP contribution >= 0.6 is 0 Å². The van der Waals surface area contributed by atoms with Gasteiger partial charge in [-0.25, -0.2) is 4.98 Å². The number of aryl methyl sites for hydroxylation is 1. The van der Waals surface area contributed by atoms with E-state index in [2.05, 4.69) is 4.98 Å². The molecule has 0 radical (unpaired) electrons. The molecule has 3 nitrogen and oxygen atoms in total. The lowest BCUT2D eigenvalue weighted by Crippen LogP contribution is -2.23. The van der Waals surface area contributed by atoms with E-state index in [4.69, 9.17) is 0 Å². The number of nitrogens with zero attached hydrogens (tertiary/aromatic N) is 2. The average Bonchev–Trinajstić information content (AvgIpc) is 2.44. The van der Waals surface area contributed by atoms with Gasteiger partial charge in [0.05, 0.1) is 0 Å². The van der Waals surface area contributed by atoms with E-state index < -0.39 is 0 Å². The molecule has 2 rings (SSSR count). The quantitative estimate of drug-likeness (QED) is 0.647. The Morgan fingerprint density at radius 2 is 2.31 bits per heavy atom. The lowest BCUT2D eigenvalue weighted by molar-refractivity contribution is 0.0782. The Morgan fingerprint density at radius 3 is 3.00 bits per heavy atom. The highest BCUT2D eigenvalue weighted by Gasteiger charge is 2.27. The maximum atomic E-state index is 11.6. The number of aromatic nitrogens is 1. The Labute approximate surface area is 77.4 Å². The van der Waals surface area contributed by atoms with E-state index in [1.807, 2.05) is 26.0 Å². The van der Waals surface area contributed by atoms with E-state index >= 15 is 0 Å². The number of pyridine rings is 1. The highest BCUT2D eigenvalue weighted by molar-refractivity contribution is 5.96. The third-order valence-corrected chi connectivity index (χ3v) is 2.35. The number of carbonyl (C=O) groups excluding carboxylic acids is 1. The molecule has 0 aromatic carbocycles. The average molecular weight is 176 g/mol. The Balaban J connectivity index is 2.45. The first-order chi connectivity index (χ1) is 6.22. The first-order valence-corrected chi connectivity index (χ1v) is 4.48. The number of carbonyl (C=O) groups is 1. The summed E-state index contributed by atoms with van der Waals surface area (Å²) >= 11 is 0. The molecule has 0 bridgehead atoms. The molecule has 0 saturated heterocycles. The van der Waals surface area contributed by atoms with Crippen LogP contribution in [0.5, 0.6) is 0 Å². The van der Waals surface area contributed by atoms with Crippen LogP contribution < -0.4 is 0 Å². The van der Waals surface area contributed by atoms with Gasteiger partial charge in [-0.1, -0.05) is 6.07 Å². The van der Waals surface area contributed by atoms with Crippen molar-refractivity contribution in [3.8, 4) is 0 Å². The van der Waals surface area contributed by atoms with Crippen molar-refractivity contribution >= 4 is 5.91 Å². The highest BCUT2D eigenvalue weighted by Crippen LogP contribution is 2.20. The van der Waals surface area contributed by atoms with Gasteiger partial charge < -0.3 is 4.90 Å². The largest absolute Gasteiger partial charge is 0.333 e. The summed E-state index contributed by atoms with van der Waals surface area (Å²) in [5.41, 5.74) is 2.60. The van der Waals surface area contributed by atoms with E-state index in [0.29, 0.717) is 5.69 Å². The van der Waals surface area contributed by atoms with Crippen LogP contribution in [0.25, 0.3) is 0 Å². The molecule has 1 aliphatic heterocycles. The van der Waals surface area contributed by atoms with Crippen LogP contribution in [-0.4, -0.2) is 22.3 Å². The fourth-order valence-corrected chi connectivity index (χ4v) is 1.58. The topological polar surface area (TPSA) is 33.2 Å². The molecule has 0 aliphatic carbocycles. The molecular formula is C10H12N2O. The van der Waals surface area contributed by atoms with Gasteiger partial charge in [0, 0.05) is 24.3 Å². The van der Waals surface area contributed by atoms with Crippen LogP contribution in [0.4, 0.5) is 0 Å². The zero-order valence-electron chi connectivity index (χ0n) is 7.87. The maximum Gasteiger partial charge on any atom is 0.273 e. The molecule has 1 amide bonds. The Hall–Kier alpha value is -1.38. The smallest absolute Gasteiger partial charge is 0.273 e. The van der Waals surface area contributed by atoms with Crippen molar-refractivity contribution in [2.24, 2.45) is 0 Å². The van der Waals surface area contributed by atoms with E-state index in [9.17, 15) is 4.79 Å². The van der Waals surface area contributed by atoms with Crippen molar-refractivity contribution in [1.29, 1.82) is 0 Å². The van der Waals surface area contributed by atoms with Gasteiger partial charge in [0.25, 0.3) is 5.91 Å². The zero-order chi connectivity index (χ0) is 9.42. The molecule has 2 heterocycles. The van der Waals surface area contributed by atoms with Gasteiger partial charge >= 0.3 is 0 Å². The monoisotopic (exact) mass is 176 g/mol. The minimum absolute atomic E-state index is 0.0706. The molecule has 13 heavy (non-hydrogen) atoms. The Bertz CT molecular complexity index is 360. The van der Waals surface area contributed by atoms with Crippen LogP contribution in [0.3, 0.4) is 0 Å². The molecule has 68 valence electrons. The van der Waals surface area contributed by atoms with Crippen molar-refractivity contribution in [2.45, 2.75) is 20.4 Å².